The van der Waals surface area contributed by atoms with Crippen LogP contribution >= 0.6 is 0 Å². The average molecular weight is 508 g/mol. The van der Waals surface area contributed by atoms with Crippen molar-refractivity contribution in [1.82, 2.24) is 15.0 Å². The fourth-order valence-corrected chi connectivity index (χ4v) is 4.63. The van der Waals surface area contributed by atoms with Crippen LogP contribution < -0.4 is 40.8 Å². The highest BCUT2D eigenvalue weighted by Gasteiger charge is 2.28. The van der Waals surface area contributed by atoms with E-state index in [9.17, 15) is 0 Å². The van der Waals surface area contributed by atoms with Crippen LogP contribution in [0.15, 0.2) is 36.5 Å². The van der Waals surface area contributed by atoms with Crippen LogP contribution in [-0.4, -0.2) is 43.0 Å². The Morgan fingerprint density at radius 2 is 1.86 bits per heavy atom. The van der Waals surface area contributed by atoms with Crippen molar-refractivity contribution in [2.24, 2.45) is 0 Å². The van der Waals surface area contributed by atoms with Crippen LogP contribution in [0, 0.1) is 6.92 Å². The van der Waals surface area contributed by atoms with Gasteiger partial charge in [-0.15, -0.1) is 0 Å². The van der Waals surface area contributed by atoms with Crippen LogP contribution in [0.25, 0.3) is 22.0 Å². The van der Waals surface area contributed by atoms with Gasteiger partial charge in [0.25, 0.3) is 0 Å². The normalized spacial score (nSPS) is 13.0. The lowest BCUT2D eigenvalue weighted by atomic mass is 9.95. The molecular weight excluding hydrogens is 482 g/mol. The van der Waals surface area contributed by atoms with Crippen molar-refractivity contribution in [3.63, 3.8) is 0 Å². The van der Waals surface area contributed by atoms with Gasteiger partial charge in [-0.2, -0.15) is 14.5 Å². The molecule has 0 aliphatic carbocycles. The van der Waals surface area contributed by atoms with E-state index in [1.165, 1.54) is 5.56 Å². The maximum atomic E-state index is 6.29. The van der Waals surface area contributed by atoms with Gasteiger partial charge in [0, 0.05) is 26.6 Å². The zero-order valence-corrected chi connectivity index (χ0v) is 21.3. The number of fused-ring (bicyclic) bond motifs is 5. The quantitative estimate of drug-likeness (QED) is 0.355. The smallest absolute Gasteiger partial charge is 0.231 e. The van der Waals surface area contributed by atoms with Gasteiger partial charge in [0.05, 0.1) is 18.1 Å². The molecule has 2 aromatic heterocycles. The molecule has 0 N–H and O–H groups in total. The standard InChI is InChI=1S/C26H26N5O4.ClH/c1-15-27-24(29-26(28-15)30(2)3)13-33-25-19-12-31-8-7-17-10-22-23(35-14-34-22)11-18(17)20(31)9-16(19)5-6-21(25)32-4;/h5-6,9-12H,7-8,13-14H2,1-4H3;1H/q+1;/p-1. The number of ether oxygens (including phenoxy) is 4. The topological polar surface area (TPSA) is 82.7 Å². The Bertz CT molecular complexity index is 1480. The monoisotopic (exact) mass is 507 g/mol. The maximum Gasteiger partial charge on any atom is 0.231 e. The lowest BCUT2D eigenvalue weighted by Crippen LogP contribution is -3.00. The predicted molar refractivity (Wildman–Crippen MR) is 129 cm³/mol. The number of hydrogen-bond donors (Lipinski definition) is 0. The summed E-state index contributed by atoms with van der Waals surface area (Å²) in [6.07, 6.45) is 3.05. The molecule has 186 valence electrons. The zero-order chi connectivity index (χ0) is 24.1. The molecule has 4 aromatic rings. The molecule has 0 spiro atoms. The summed E-state index contributed by atoms with van der Waals surface area (Å²) in [5.41, 5.74) is 3.56. The number of methoxy groups -OCH3 is 1. The van der Waals surface area contributed by atoms with E-state index in [0.29, 0.717) is 29.1 Å². The van der Waals surface area contributed by atoms with Gasteiger partial charge in [-0.3, -0.25) is 0 Å². The summed E-state index contributed by atoms with van der Waals surface area (Å²) in [6, 6.07) is 10.4. The van der Waals surface area contributed by atoms with Gasteiger partial charge in [-0.05, 0) is 42.1 Å². The van der Waals surface area contributed by atoms with Crippen molar-refractivity contribution >= 4 is 16.7 Å². The molecule has 0 amide bonds. The van der Waals surface area contributed by atoms with E-state index >= 15 is 0 Å². The first-order valence-corrected chi connectivity index (χ1v) is 11.5. The highest BCUT2D eigenvalue weighted by Crippen LogP contribution is 2.41. The molecule has 4 heterocycles. The molecule has 0 saturated heterocycles. The summed E-state index contributed by atoms with van der Waals surface area (Å²) >= 11 is 0. The van der Waals surface area contributed by atoms with Crippen LogP contribution in [-0.2, 0) is 19.6 Å². The number of pyridine rings is 1. The molecule has 2 aromatic carbocycles. The van der Waals surface area contributed by atoms with Crippen LogP contribution in [0.5, 0.6) is 23.0 Å². The minimum Gasteiger partial charge on any atom is -1.00 e. The minimum atomic E-state index is 0. The molecule has 0 saturated carbocycles. The number of aromatic nitrogens is 4. The predicted octanol–water partition coefficient (Wildman–Crippen LogP) is 0.230. The van der Waals surface area contributed by atoms with Crippen molar-refractivity contribution in [1.29, 1.82) is 0 Å². The van der Waals surface area contributed by atoms with Crippen LogP contribution in [0.2, 0.25) is 0 Å². The maximum absolute atomic E-state index is 6.29. The first-order chi connectivity index (χ1) is 17.0. The lowest BCUT2D eigenvalue weighted by molar-refractivity contribution is -0.686. The second-order valence-electron chi connectivity index (χ2n) is 8.85. The van der Waals surface area contributed by atoms with E-state index in [1.807, 2.05) is 32.0 Å². The number of hydrogen-bond acceptors (Lipinski definition) is 8. The molecule has 0 unspecified atom stereocenters. The summed E-state index contributed by atoms with van der Waals surface area (Å²) < 4.78 is 25.4. The summed E-state index contributed by atoms with van der Waals surface area (Å²) in [7, 11) is 5.45. The molecule has 9 nitrogen and oxygen atoms in total. The molecule has 2 aliphatic rings. The van der Waals surface area contributed by atoms with Crippen molar-refractivity contribution in [3.05, 3.63) is 53.7 Å². The first kappa shape index (κ1) is 23.9. The third-order valence-corrected chi connectivity index (χ3v) is 6.32. The second-order valence-corrected chi connectivity index (χ2v) is 8.85. The van der Waals surface area contributed by atoms with Gasteiger partial charge in [0.15, 0.2) is 41.6 Å². The van der Waals surface area contributed by atoms with E-state index < -0.39 is 0 Å². The Balaban J connectivity index is 0.00000267. The molecule has 0 radical (unpaired) electrons. The largest absolute Gasteiger partial charge is 1.00 e. The Morgan fingerprint density at radius 1 is 1.06 bits per heavy atom. The van der Waals surface area contributed by atoms with Crippen molar-refractivity contribution in [2.45, 2.75) is 26.5 Å². The molecule has 0 bridgehead atoms. The molecule has 2 aliphatic heterocycles. The summed E-state index contributed by atoms with van der Waals surface area (Å²) in [6.45, 7) is 3.18. The van der Waals surface area contributed by atoms with Crippen LogP contribution in [0.1, 0.15) is 17.2 Å². The fraction of sp³-hybridized carbons (Fsp3) is 0.308. The van der Waals surface area contributed by atoms with E-state index in [0.717, 1.165) is 46.5 Å². The number of anilines is 1. The van der Waals surface area contributed by atoms with Gasteiger partial charge < -0.3 is 36.3 Å². The van der Waals surface area contributed by atoms with Crippen molar-refractivity contribution in [3.8, 4) is 34.3 Å². The van der Waals surface area contributed by atoms with Gasteiger partial charge in [-0.25, -0.2) is 4.98 Å². The molecule has 10 heteroatoms. The van der Waals surface area contributed by atoms with E-state index in [1.54, 1.807) is 7.11 Å². The third-order valence-electron chi connectivity index (χ3n) is 6.32. The zero-order valence-electron chi connectivity index (χ0n) is 20.5. The van der Waals surface area contributed by atoms with E-state index in [4.69, 9.17) is 18.9 Å². The fourth-order valence-electron chi connectivity index (χ4n) is 4.63. The minimum absolute atomic E-state index is 0. The molecule has 36 heavy (non-hydrogen) atoms. The third kappa shape index (κ3) is 4.09. The first-order valence-electron chi connectivity index (χ1n) is 11.5. The highest BCUT2D eigenvalue weighted by atomic mass is 35.5. The number of aryl methyl sites for hydroxylation is 3. The second kappa shape index (κ2) is 9.31. The van der Waals surface area contributed by atoms with Gasteiger partial charge in [0.2, 0.25) is 18.4 Å². The summed E-state index contributed by atoms with van der Waals surface area (Å²) in [5.74, 6) is 4.76. The average Bonchev–Trinajstić information content (AvgIpc) is 3.32. The lowest BCUT2D eigenvalue weighted by Gasteiger charge is -2.18. The van der Waals surface area contributed by atoms with Crippen molar-refractivity contribution in [2.75, 3.05) is 32.9 Å². The Hall–Kier alpha value is -3.85. The Morgan fingerprint density at radius 3 is 2.64 bits per heavy atom. The van der Waals surface area contributed by atoms with E-state index in [2.05, 4.69) is 50.0 Å². The number of rotatable bonds is 5. The van der Waals surface area contributed by atoms with Gasteiger partial charge in [0.1, 0.15) is 12.4 Å². The highest BCUT2D eigenvalue weighted by molar-refractivity contribution is 5.91. The SMILES string of the molecule is COc1ccc2cc3[n+](cc2c1OCc1nc(C)nc(N(C)C)n1)CCc1cc2c(cc1-3)OCO2.[Cl-]. The molecule has 0 atom stereocenters. The molecular formula is C26H26ClN5O4. The summed E-state index contributed by atoms with van der Waals surface area (Å²) in [5, 5.41) is 2.02. The van der Waals surface area contributed by atoms with Crippen LogP contribution in [0.3, 0.4) is 0 Å². The van der Waals surface area contributed by atoms with Crippen molar-refractivity contribution < 1.29 is 35.9 Å². The van der Waals surface area contributed by atoms with Gasteiger partial charge in [-0.1, -0.05) is 0 Å². The Kier molecular flexibility index (Phi) is 6.17. The van der Waals surface area contributed by atoms with Gasteiger partial charge >= 0.3 is 0 Å². The van der Waals surface area contributed by atoms with E-state index in [-0.39, 0.29) is 25.8 Å². The molecule has 0 fully saturated rings. The number of nitrogens with zero attached hydrogens (tertiary/aromatic N) is 5. The molecule has 6 rings (SSSR count). The summed E-state index contributed by atoms with van der Waals surface area (Å²) in [4.78, 5) is 15.2. The van der Waals surface area contributed by atoms with Crippen LogP contribution in [0.4, 0.5) is 5.95 Å². The Labute approximate surface area is 215 Å². The number of benzene rings is 2. The number of halogens is 1.